The van der Waals surface area contributed by atoms with Crippen molar-refractivity contribution in [3.05, 3.63) is 164 Å². The van der Waals surface area contributed by atoms with E-state index in [4.69, 9.17) is 23.8 Å². The van der Waals surface area contributed by atoms with Crippen LogP contribution in [0.2, 0.25) is 0 Å². The summed E-state index contributed by atoms with van der Waals surface area (Å²) in [4.78, 5) is 15.3. The zero-order chi connectivity index (χ0) is 33.0. The van der Waals surface area contributed by atoms with Gasteiger partial charge in [-0.3, -0.25) is 0 Å². The number of hydrogen-bond donors (Lipinski definition) is 0. The highest BCUT2D eigenvalue weighted by molar-refractivity contribution is 6.16. The van der Waals surface area contributed by atoms with Gasteiger partial charge in [0.15, 0.2) is 17.5 Å². The molecule has 0 atom stereocenters. The summed E-state index contributed by atoms with van der Waals surface area (Å²) in [5.74, 6) is 1.80. The molecule has 0 amide bonds. The number of rotatable bonds is 5. The summed E-state index contributed by atoms with van der Waals surface area (Å²) in [6.07, 6.45) is 0. The molecule has 7 aromatic carbocycles. The summed E-state index contributed by atoms with van der Waals surface area (Å²) in [5.41, 5.74) is 10.3. The lowest BCUT2D eigenvalue weighted by Crippen LogP contribution is -2.00. The molecule has 0 N–H and O–H groups in total. The lowest BCUT2D eigenvalue weighted by atomic mass is 9.97. The van der Waals surface area contributed by atoms with Crippen LogP contribution in [0.5, 0.6) is 0 Å². The summed E-state index contributed by atoms with van der Waals surface area (Å²) in [6, 6.07) is 55.7. The Hall–Kier alpha value is -6.85. The monoisotopic (exact) mass is 641 g/mol. The van der Waals surface area contributed by atoms with Gasteiger partial charge in [0.2, 0.25) is 0 Å². The highest BCUT2D eigenvalue weighted by Gasteiger charge is 2.21. The Balaban J connectivity index is 1.20. The minimum atomic E-state index is 0.582. The second kappa shape index (κ2) is 11.4. The van der Waals surface area contributed by atoms with E-state index in [1.165, 1.54) is 0 Å². The number of furan rings is 2. The maximum Gasteiger partial charge on any atom is 0.164 e. The average molecular weight is 642 g/mol. The summed E-state index contributed by atoms with van der Waals surface area (Å²) in [5, 5.41) is 4.12. The second-order valence-corrected chi connectivity index (χ2v) is 12.4. The first-order valence-corrected chi connectivity index (χ1v) is 16.6. The third kappa shape index (κ3) is 4.67. The van der Waals surface area contributed by atoms with Crippen molar-refractivity contribution in [2.45, 2.75) is 0 Å². The Labute approximate surface area is 287 Å². The minimum absolute atomic E-state index is 0.582. The van der Waals surface area contributed by atoms with Gasteiger partial charge in [-0.15, -0.1) is 0 Å². The van der Waals surface area contributed by atoms with E-state index in [1.54, 1.807) is 0 Å². The molecule has 50 heavy (non-hydrogen) atoms. The molecule has 0 aliphatic carbocycles. The highest BCUT2D eigenvalue weighted by atomic mass is 16.3. The van der Waals surface area contributed by atoms with Gasteiger partial charge in [-0.05, 0) is 59.2 Å². The molecule has 0 aliphatic rings. The molecular formula is C45H27N3O2. The topological polar surface area (TPSA) is 65.0 Å². The van der Waals surface area contributed by atoms with Crippen LogP contribution >= 0.6 is 0 Å². The van der Waals surface area contributed by atoms with E-state index in [0.29, 0.717) is 17.5 Å². The molecular weight excluding hydrogens is 615 g/mol. The van der Waals surface area contributed by atoms with Crippen molar-refractivity contribution < 1.29 is 8.83 Å². The molecule has 0 radical (unpaired) electrons. The molecule has 234 valence electrons. The van der Waals surface area contributed by atoms with Crippen molar-refractivity contribution in [1.29, 1.82) is 0 Å². The van der Waals surface area contributed by atoms with E-state index in [0.717, 1.165) is 82.8 Å². The zero-order valence-electron chi connectivity index (χ0n) is 26.7. The van der Waals surface area contributed by atoms with Crippen LogP contribution in [0.3, 0.4) is 0 Å². The fourth-order valence-electron chi connectivity index (χ4n) is 6.95. The zero-order valence-corrected chi connectivity index (χ0v) is 26.7. The molecule has 0 spiro atoms. The van der Waals surface area contributed by atoms with Gasteiger partial charge < -0.3 is 8.83 Å². The Bertz CT molecular complexity index is 2870. The second-order valence-electron chi connectivity index (χ2n) is 12.4. The van der Waals surface area contributed by atoms with Crippen molar-refractivity contribution in [2.24, 2.45) is 0 Å². The van der Waals surface area contributed by atoms with Crippen LogP contribution in [0, 0.1) is 0 Å². The van der Waals surface area contributed by atoms with Crippen molar-refractivity contribution >= 4 is 43.9 Å². The number of hydrogen-bond acceptors (Lipinski definition) is 5. The third-order valence-electron chi connectivity index (χ3n) is 9.35. The van der Waals surface area contributed by atoms with Gasteiger partial charge in [-0.2, -0.15) is 0 Å². The van der Waals surface area contributed by atoms with Crippen LogP contribution in [-0.2, 0) is 0 Å². The van der Waals surface area contributed by atoms with Crippen LogP contribution in [0.1, 0.15) is 0 Å². The lowest BCUT2D eigenvalue weighted by Gasteiger charge is -2.11. The van der Waals surface area contributed by atoms with E-state index < -0.39 is 0 Å². The smallest absolute Gasteiger partial charge is 0.164 e. The maximum atomic E-state index is 6.68. The first-order valence-electron chi connectivity index (χ1n) is 16.6. The van der Waals surface area contributed by atoms with Crippen LogP contribution < -0.4 is 0 Å². The van der Waals surface area contributed by atoms with Gasteiger partial charge in [-0.25, -0.2) is 15.0 Å². The van der Waals surface area contributed by atoms with Crippen LogP contribution in [0.25, 0.3) is 100 Å². The van der Waals surface area contributed by atoms with Gasteiger partial charge in [0, 0.05) is 43.8 Å². The normalized spacial score (nSPS) is 11.6. The van der Waals surface area contributed by atoms with Gasteiger partial charge in [0.25, 0.3) is 0 Å². The SMILES string of the molecule is c1ccc(-c2cccc(-c3nc(-c4ccccc4)nc(-c4ccc(-c5ccc6oc7ccccc7c6c5)c5oc6ccccc6c45)n3)c2)cc1. The Kier molecular flexibility index (Phi) is 6.42. The van der Waals surface area contributed by atoms with E-state index in [-0.39, 0.29) is 0 Å². The number of aromatic nitrogens is 3. The standard InChI is InChI=1S/C45H27N3O2/c1-3-12-28(13-4-1)30-16-11-17-32(26-30)44-46-43(29-14-5-2-6-15-29)47-45(48-44)36-24-23-33(42-41(36)35-19-8-10-21-39(35)50-42)31-22-25-40-37(27-31)34-18-7-9-20-38(34)49-40/h1-27H. The molecule has 0 aliphatic heterocycles. The fourth-order valence-corrected chi connectivity index (χ4v) is 6.95. The summed E-state index contributed by atoms with van der Waals surface area (Å²) < 4.78 is 12.8. The molecule has 0 unspecified atom stereocenters. The van der Waals surface area contributed by atoms with Crippen molar-refractivity contribution in [3.63, 3.8) is 0 Å². The van der Waals surface area contributed by atoms with Crippen LogP contribution in [0.4, 0.5) is 0 Å². The fraction of sp³-hybridized carbons (Fsp3) is 0. The van der Waals surface area contributed by atoms with E-state index >= 15 is 0 Å². The Morgan fingerprint density at radius 2 is 0.900 bits per heavy atom. The van der Waals surface area contributed by atoms with Crippen LogP contribution in [0.15, 0.2) is 173 Å². The Morgan fingerprint density at radius 1 is 0.320 bits per heavy atom. The van der Waals surface area contributed by atoms with Crippen LogP contribution in [-0.4, -0.2) is 15.0 Å². The van der Waals surface area contributed by atoms with Crippen molar-refractivity contribution in [2.75, 3.05) is 0 Å². The first kappa shape index (κ1) is 28.2. The molecule has 3 aromatic heterocycles. The summed E-state index contributed by atoms with van der Waals surface area (Å²) in [6.45, 7) is 0. The molecule has 5 nitrogen and oxygen atoms in total. The molecule has 0 saturated heterocycles. The quantitative estimate of drug-likeness (QED) is 0.187. The Morgan fingerprint density at radius 3 is 1.70 bits per heavy atom. The molecule has 0 saturated carbocycles. The van der Waals surface area contributed by atoms with Crippen molar-refractivity contribution in [1.82, 2.24) is 15.0 Å². The molecule has 3 heterocycles. The summed E-state index contributed by atoms with van der Waals surface area (Å²) in [7, 11) is 0. The molecule has 10 rings (SSSR count). The minimum Gasteiger partial charge on any atom is -0.456 e. The highest BCUT2D eigenvalue weighted by Crippen LogP contribution is 2.43. The number of benzene rings is 7. The van der Waals surface area contributed by atoms with Gasteiger partial charge in [0.1, 0.15) is 22.3 Å². The predicted molar refractivity (Wildman–Crippen MR) is 202 cm³/mol. The average Bonchev–Trinajstić information content (AvgIpc) is 3.77. The van der Waals surface area contributed by atoms with Gasteiger partial charge >= 0.3 is 0 Å². The molecule has 0 fully saturated rings. The largest absolute Gasteiger partial charge is 0.456 e. The van der Waals surface area contributed by atoms with Gasteiger partial charge in [0.05, 0.1) is 0 Å². The van der Waals surface area contributed by atoms with E-state index in [9.17, 15) is 0 Å². The maximum absolute atomic E-state index is 6.68. The molecule has 10 aromatic rings. The van der Waals surface area contributed by atoms with E-state index in [2.05, 4.69) is 84.9 Å². The lowest BCUT2D eigenvalue weighted by molar-refractivity contribution is 0.668. The number of nitrogens with zero attached hydrogens (tertiary/aromatic N) is 3. The van der Waals surface area contributed by atoms with E-state index in [1.807, 2.05) is 78.9 Å². The molecule has 5 heteroatoms. The summed E-state index contributed by atoms with van der Waals surface area (Å²) >= 11 is 0. The third-order valence-corrected chi connectivity index (χ3v) is 9.35. The number of fused-ring (bicyclic) bond motifs is 6. The van der Waals surface area contributed by atoms with Gasteiger partial charge in [-0.1, -0.05) is 121 Å². The predicted octanol–water partition coefficient (Wildman–Crippen LogP) is 12.0. The number of para-hydroxylation sites is 2. The molecule has 0 bridgehead atoms. The first-order chi connectivity index (χ1) is 24.8. The van der Waals surface area contributed by atoms with Crippen molar-refractivity contribution in [3.8, 4) is 56.4 Å².